The Bertz CT molecular complexity index is 518. The third kappa shape index (κ3) is 3.30. The van der Waals surface area contributed by atoms with Gasteiger partial charge in [-0.25, -0.2) is 9.59 Å². The number of carbonyl (C=O) groups excluding carboxylic acids is 1. The van der Waals surface area contributed by atoms with Crippen molar-refractivity contribution < 1.29 is 14.7 Å². The van der Waals surface area contributed by atoms with Gasteiger partial charge in [0.2, 0.25) is 0 Å². The Balaban J connectivity index is 2.92. The van der Waals surface area contributed by atoms with Gasteiger partial charge in [0.1, 0.15) is 5.54 Å². The summed E-state index contributed by atoms with van der Waals surface area (Å²) in [6.07, 6.45) is 0. The van der Waals surface area contributed by atoms with E-state index >= 15 is 0 Å². The lowest BCUT2D eigenvalue weighted by atomic mass is 10.1. The first-order chi connectivity index (χ1) is 8.67. The van der Waals surface area contributed by atoms with E-state index in [4.69, 9.17) is 28.3 Å². The van der Waals surface area contributed by atoms with Gasteiger partial charge in [0.25, 0.3) is 0 Å². The number of halogens is 2. The number of urea groups is 1. The quantitative estimate of drug-likeness (QED) is 0.900. The molecule has 0 radical (unpaired) electrons. The molecule has 0 saturated carbocycles. The van der Waals surface area contributed by atoms with Crippen LogP contribution in [0, 0.1) is 0 Å². The van der Waals surface area contributed by atoms with E-state index in [1.165, 1.54) is 20.9 Å². The van der Waals surface area contributed by atoms with Crippen molar-refractivity contribution in [1.82, 2.24) is 4.90 Å². The summed E-state index contributed by atoms with van der Waals surface area (Å²) in [4.78, 5) is 24.1. The van der Waals surface area contributed by atoms with Crippen molar-refractivity contribution in [3.8, 4) is 0 Å². The van der Waals surface area contributed by atoms with Gasteiger partial charge in [0, 0.05) is 7.05 Å². The van der Waals surface area contributed by atoms with Gasteiger partial charge < -0.3 is 15.3 Å². The number of hydrogen-bond acceptors (Lipinski definition) is 2. The Morgan fingerprint density at radius 1 is 1.32 bits per heavy atom. The number of nitrogens with one attached hydrogen (secondary N) is 1. The number of benzene rings is 1. The van der Waals surface area contributed by atoms with Gasteiger partial charge in [-0.2, -0.15) is 0 Å². The average Bonchev–Trinajstić information content (AvgIpc) is 2.33. The van der Waals surface area contributed by atoms with E-state index in [0.717, 1.165) is 4.90 Å². The summed E-state index contributed by atoms with van der Waals surface area (Å²) in [5, 5.41) is 12.1. The average molecular weight is 305 g/mol. The van der Waals surface area contributed by atoms with E-state index in [2.05, 4.69) is 5.32 Å². The van der Waals surface area contributed by atoms with Crippen molar-refractivity contribution >= 4 is 40.9 Å². The monoisotopic (exact) mass is 304 g/mol. The Morgan fingerprint density at radius 2 is 1.89 bits per heavy atom. The maximum atomic E-state index is 12.0. The molecule has 0 heterocycles. The number of anilines is 1. The lowest BCUT2D eigenvalue weighted by molar-refractivity contribution is -0.146. The molecule has 2 amide bonds. The Morgan fingerprint density at radius 3 is 2.42 bits per heavy atom. The van der Waals surface area contributed by atoms with E-state index in [1.54, 1.807) is 18.2 Å². The molecular formula is C12H14Cl2N2O3. The Kier molecular flexibility index (Phi) is 4.66. The van der Waals surface area contributed by atoms with E-state index in [9.17, 15) is 9.59 Å². The fraction of sp³-hybridized carbons (Fsp3) is 0.333. The molecule has 19 heavy (non-hydrogen) atoms. The highest BCUT2D eigenvalue weighted by Gasteiger charge is 2.35. The van der Waals surface area contributed by atoms with Gasteiger partial charge in [-0.15, -0.1) is 0 Å². The predicted molar refractivity (Wildman–Crippen MR) is 75.0 cm³/mol. The van der Waals surface area contributed by atoms with Gasteiger partial charge in [-0.1, -0.05) is 29.3 Å². The molecule has 0 saturated heterocycles. The SMILES string of the molecule is CN(C(=O)Nc1cccc(Cl)c1Cl)C(C)(C)C(=O)O. The standard InChI is InChI=1S/C12H14Cl2N2O3/c1-12(2,10(17)18)16(3)11(19)15-8-6-4-5-7(13)9(8)14/h4-6H,1-3H3,(H,15,19)(H,17,18). The molecule has 0 aliphatic rings. The van der Waals surface area contributed by atoms with Crippen LogP contribution in [0.2, 0.25) is 10.0 Å². The van der Waals surface area contributed by atoms with Crippen LogP contribution in [0.1, 0.15) is 13.8 Å². The molecule has 0 aromatic heterocycles. The Hall–Kier alpha value is -1.46. The maximum absolute atomic E-state index is 12.0. The van der Waals surface area contributed by atoms with Gasteiger partial charge >= 0.3 is 12.0 Å². The predicted octanol–water partition coefficient (Wildman–Crippen LogP) is 3.32. The molecule has 0 spiro atoms. The van der Waals surface area contributed by atoms with Crippen LogP contribution in [-0.2, 0) is 4.79 Å². The fourth-order valence-corrected chi connectivity index (χ4v) is 1.54. The lowest BCUT2D eigenvalue weighted by Crippen LogP contribution is -2.52. The molecule has 0 fully saturated rings. The molecule has 0 aliphatic carbocycles. The first kappa shape index (κ1) is 15.6. The molecule has 0 unspecified atom stereocenters. The number of likely N-dealkylation sites (N-methyl/N-ethyl adjacent to an activating group) is 1. The second-order valence-corrected chi connectivity index (χ2v) is 5.24. The summed E-state index contributed by atoms with van der Waals surface area (Å²) >= 11 is 11.8. The number of rotatable bonds is 3. The smallest absolute Gasteiger partial charge is 0.329 e. The van der Waals surface area contributed by atoms with E-state index in [-0.39, 0.29) is 5.02 Å². The summed E-state index contributed by atoms with van der Waals surface area (Å²) in [7, 11) is 1.39. The molecule has 0 aliphatic heterocycles. The van der Waals surface area contributed by atoms with E-state index in [1.807, 2.05) is 0 Å². The van der Waals surface area contributed by atoms with Crippen molar-refractivity contribution in [2.24, 2.45) is 0 Å². The second-order valence-electron chi connectivity index (χ2n) is 4.45. The lowest BCUT2D eigenvalue weighted by Gasteiger charge is -2.31. The number of amides is 2. The summed E-state index contributed by atoms with van der Waals surface area (Å²) in [6, 6.07) is 4.21. The number of nitrogens with zero attached hydrogens (tertiary/aromatic N) is 1. The van der Waals surface area contributed by atoms with Crippen molar-refractivity contribution in [1.29, 1.82) is 0 Å². The van der Waals surface area contributed by atoms with Gasteiger partial charge in [-0.05, 0) is 26.0 Å². The highest BCUT2D eigenvalue weighted by atomic mass is 35.5. The minimum absolute atomic E-state index is 0.207. The number of carbonyl (C=O) groups is 2. The molecule has 7 heteroatoms. The van der Waals surface area contributed by atoms with Crippen LogP contribution in [0.15, 0.2) is 18.2 Å². The minimum atomic E-state index is -1.34. The van der Waals surface area contributed by atoms with Crippen LogP contribution >= 0.6 is 23.2 Å². The van der Waals surface area contributed by atoms with Crippen molar-refractivity contribution in [3.05, 3.63) is 28.2 Å². The third-order valence-electron chi connectivity index (χ3n) is 2.86. The molecule has 0 atom stereocenters. The topological polar surface area (TPSA) is 69.6 Å². The van der Waals surface area contributed by atoms with Crippen LogP contribution in [-0.4, -0.2) is 34.6 Å². The summed E-state index contributed by atoms with van der Waals surface area (Å²) < 4.78 is 0. The van der Waals surface area contributed by atoms with Crippen molar-refractivity contribution in [3.63, 3.8) is 0 Å². The highest BCUT2D eigenvalue weighted by molar-refractivity contribution is 6.43. The number of carboxylic acids is 1. The zero-order valence-corrected chi connectivity index (χ0v) is 12.2. The summed E-state index contributed by atoms with van der Waals surface area (Å²) in [6.45, 7) is 2.85. The molecule has 1 rings (SSSR count). The van der Waals surface area contributed by atoms with Crippen LogP contribution in [0.5, 0.6) is 0 Å². The fourth-order valence-electron chi connectivity index (χ4n) is 1.20. The molecule has 104 valence electrons. The first-order valence-corrected chi connectivity index (χ1v) is 6.15. The molecular weight excluding hydrogens is 291 g/mol. The maximum Gasteiger partial charge on any atom is 0.329 e. The highest BCUT2D eigenvalue weighted by Crippen LogP contribution is 2.30. The number of hydrogen-bond donors (Lipinski definition) is 2. The van der Waals surface area contributed by atoms with Crippen molar-refractivity contribution in [2.75, 3.05) is 12.4 Å². The van der Waals surface area contributed by atoms with E-state index < -0.39 is 17.5 Å². The number of carboxylic acid groups (broad SMARTS) is 1. The zero-order chi connectivity index (χ0) is 14.8. The zero-order valence-electron chi connectivity index (χ0n) is 10.7. The molecule has 1 aromatic rings. The largest absolute Gasteiger partial charge is 0.480 e. The van der Waals surface area contributed by atoms with Crippen LogP contribution in [0.25, 0.3) is 0 Å². The Labute approximate surface area is 121 Å². The number of aliphatic carboxylic acids is 1. The van der Waals surface area contributed by atoms with E-state index in [0.29, 0.717) is 10.7 Å². The van der Waals surface area contributed by atoms with Crippen molar-refractivity contribution in [2.45, 2.75) is 19.4 Å². The third-order valence-corrected chi connectivity index (χ3v) is 3.68. The molecule has 1 aromatic carbocycles. The molecule has 5 nitrogen and oxygen atoms in total. The second kappa shape index (κ2) is 5.67. The summed E-state index contributed by atoms with van der Waals surface area (Å²) in [5.74, 6) is -1.11. The first-order valence-electron chi connectivity index (χ1n) is 5.40. The molecule has 0 bridgehead atoms. The normalized spacial score (nSPS) is 11.0. The van der Waals surface area contributed by atoms with Gasteiger partial charge in [0.15, 0.2) is 0 Å². The van der Waals surface area contributed by atoms with Crippen LogP contribution in [0.4, 0.5) is 10.5 Å². The van der Waals surface area contributed by atoms with Crippen LogP contribution in [0.3, 0.4) is 0 Å². The summed E-state index contributed by atoms with van der Waals surface area (Å²) in [5.41, 5.74) is -1.01. The van der Waals surface area contributed by atoms with Gasteiger partial charge in [-0.3, -0.25) is 0 Å². The van der Waals surface area contributed by atoms with Crippen LogP contribution < -0.4 is 5.32 Å². The molecule has 2 N–H and O–H groups in total. The van der Waals surface area contributed by atoms with Gasteiger partial charge in [0.05, 0.1) is 15.7 Å². The minimum Gasteiger partial charge on any atom is -0.480 e.